The molecule has 0 bridgehead atoms. The third-order valence-corrected chi connectivity index (χ3v) is 6.24. The van der Waals surface area contributed by atoms with Crippen molar-refractivity contribution in [2.75, 3.05) is 46.5 Å². The molecule has 1 N–H and O–H groups in total. The van der Waals surface area contributed by atoms with Crippen LogP contribution in [0.3, 0.4) is 0 Å². The highest BCUT2D eigenvalue weighted by Crippen LogP contribution is 2.40. The van der Waals surface area contributed by atoms with Gasteiger partial charge in [-0.05, 0) is 36.2 Å². The fourth-order valence-corrected chi connectivity index (χ4v) is 4.51. The first kappa shape index (κ1) is 23.2. The molecule has 1 aromatic carbocycles. The van der Waals surface area contributed by atoms with E-state index in [2.05, 4.69) is 9.88 Å². The maximum atomic E-state index is 13.1. The van der Waals surface area contributed by atoms with E-state index < -0.39 is 17.7 Å². The van der Waals surface area contributed by atoms with E-state index in [1.807, 2.05) is 0 Å². The summed E-state index contributed by atoms with van der Waals surface area (Å²) in [5.74, 6) is -1.19. The second-order valence-electron chi connectivity index (χ2n) is 7.94. The number of halogens is 1. The van der Waals surface area contributed by atoms with Gasteiger partial charge in [0, 0.05) is 44.1 Å². The number of ketones is 1. The monoisotopic (exact) mass is 471 g/mol. The predicted octanol–water partition coefficient (Wildman–Crippen LogP) is 2.89. The van der Waals surface area contributed by atoms with Crippen molar-refractivity contribution < 1.29 is 24.2 Å². The Morgan fingerprint density at radius 3 is 2.70 bits per heavy atom. The molecule has 3 heterocycles. The summed E-state index contributed by atoms with van der Waals surface area (Å²) < 4.78 is 10.5. The normalized spacial score (nSPS) is 20.9. The van der Waals surface area contributed by atoms with Gasteiger partial charge in [0.2, 0.25) is 0 Å². The summed E-state index contributed by atoms with van der Waals surface area (Å²) in [6.07, 6.45) is 3.93. The average molecular weight is 472 g/mol. The lowest BCUT2D eigenvalue weighted by Crippen LogP contribution is -2.39. The Morgan fingerprint density at radius 2 is 2.03 bits per heavy atom. The van der Waals surface area contributed by atoms with E-state index in [0.29, 0.717) is 48.1 Å². The lowest BCUT2D eigenvalue weighted by molar-refractivity contribution is -0.140. The zero-order chi connectivity index (χ0) is 23.4. The quantitative estimate of drug-likeness (QED) is 0.377. The van der Waals surface area contributed by atoms with E-state index in [-0.39, 0.29) is 11.3 Å². The van der Waals surface area contributed by atoms with Gasteiger partial charge >= 0.3 is 0 Å². The number of hydrogen-bond donors (Lipinski definition) is 1. The minimum atomic E-state index is -0.732. The van der Waals surface area contributed by atoms with E-state index in [1.54, 1.807) is 36.7 Å². The zero-order valence-electron chi connectivity index (χ0n) is 18.4. The number of aliphatic hydroxyl groups excluding tert-OH is 1. The number of likely N-dealkylation sites (tertiary alicyclic amines) is 1. The molecule has 1 atom stereocenters. The number of benzene rings is 1. The van der Waals surface area contributed by atoms with Gasteiger partial charge in [-0.1, -0.05) is 17.7 Å². The number of hydrogen-bond acceptors (Lipinski definition) is 7. The number of carbonyl (C=O) groups is 2. The molecule has 0 saturated carbocycles. The van der Waals surface area contributed by atoms with Crippen LogP contribution < -0.4 is 4.74 Å². The Bertz CT molecular complexity index is 1050. The van der Waals surface area contributed by atoms with Gasteiger partial charge in [0.1, 0.15) is 11.5 Å². The molecular weight excluding hydrogens is 446 g/mol. The van der Waals surface area contributed by atoms with Crippen molar-refractivity contribution in [1.82, 2.24) is 14.8 Å². The molecule has 2 saturated heterocycles. The Kier molecular flexibility index (Phi) is 7.27. The van der Waals surface area contributed by atoms with Crippen LogP contribution in [0.25, 0.3) is 5.76 Å². The van der Waals surface area contributed by atoms with E-state index in [9.17, 15) is 14.7 Å². The molecular formula is C24H26ClN3O5. The molecule has 1 aromatic heterocycles. The molecule has 2 fully saturated rings. The lowest BCUT2D eigenvalue weighted by atomic mass is 9.96. The third-order valence-electron chi connectivity index (χ3n) is 5.94. The predicted molar refractivity (Wildman–Crippen MR) is 123 cm³/mol. The second-order valence-corrected chi connectivity index (χ2v) is 8.34. The van der Waals surface area contributed by atoms with Gasteiger partial charge < -0.3 is 19.5 Å². The number of aromatic nitrogens is 1. The maximum absolute atomic E-state index is 13.1. The molecule has 0 spiro atoms. The molecule has 33 heavy (non-hydrogen) atoms. The summed E-state index contributed by atoms with van der Waals surface area (Å²) in [6.45, 7) is 4.27. The maximum Gasteiger partial charge on any atom is 0.295 e. The van der Waals surface area contributed by atoms with Gasteiger partial charge in [-0.2, -0.15) is 0 Å². The molecule has 174 valence electrons. The minimum Gasteiger partial charge on any atom is -0.507 e. The first-order valence-electron chi connectivity index (χ1n) is 10.8. The summed E-state index contributed by atoms with van der Waals surface area (Å²) in [5.41, 5.74) is 1.02. The van der Waals surface area contributed by atoms with Gasteiger partial charge in [0.05, 0.1) is 37.0 Å². The highest BCUT2D eigenvalue weighted by atomic mass is 35.5. The number of ether oxygens (including phenoxy) is 2. The topological polar surface area (TPSA) is 92.2 Å². The van der Waals surface area contributed by atoms with Crippen molar-refractivity contribution in [1.29, 1.82) is 0 Å². The first-order chi connectivity index (χ1) is 16.0. The van der Waals surface area contributed by atoms with Crippen LogP contribution in [-0.4, -0.2) is 78.1 Å². The number of rotatable bonds is 7. The van der Waals surface area contributed by atoms with Crippen LogP contribution in [-0.2, 0) is 14.3 Å². The molecule has 4 rings (SSSR count). The van der Waals surface area contributed by atoms with Crippen LogP contribution in [0.2, 0.25) is 5.02 Å². The van der Waals surface area contributed by atoms with Gasteiger partial charge in [-0.15, -0.1) is 0 Å². The lowest BCUT2D eigenvalue weighted by Gasteiger charge is -2.29. The highest BCUT2D eigenvalue weighted by molar-refractivity contribution is 6.46. The molecule has 1 amide bonds. The highest BCUT2D eigenvalue weighted by Gasteiger charge is 2.46. The van der Waals surface area contributed by atoms with Gasteiger partial charge in [-0.3, -0.25) is 19.5 Å². The molecule has 1 unspecified atom stereocenters. The number of carbonyl (C=O) groups excluding carboxylic acids is 2. The molecule has 2 aliphatic heterocycles. The third kappa shape index (κ3) is 4.88. The van der Waals surface area contributed by atoms with E-state index >= 15 is 0 Å². The van der Waals surface area contributed by atoms with Gasteiger partial charge in [0.15, 0.2) is 0 Å². The van der Waals surface area contributed by atoms with Crippen molar-refractivity contribution in [3.63, 3.8) is 0 Å². The number of morpholine rings is 1. The number of amides is 1. The smallest absolute Gasteiger partial charge is 0.295 e. The van der Waals surface area contributed by atoms with Gasteiger partial charge in [-0.25, -0.2) is 0 Å². The molecule has 2 aromatic rings. The van der Waals surface area contributed by atoms with E-state index in [1.165, 1.54) is 18.1 Å². The van der Waals surface area contributed by atoms with Crippen molar-refractivity contribution in [3.8, 4) is 5.75 Å². The number of aliphatic hydroxyl groups is 1. The zero-order valence-corrected chi connectivity index (χ0v) is 19.1. The van der Waals surface area contributed by atoms with E-state index in [4.69, 9.17) is 21.1 Å². The Morgan fingerprint density at radius 1 is 1.24 bits per heavy atom. The molecule has 2 aliphatic rings. The second kappa shape index (κ2) is 10.3. The Balaban J connectivity index is 1.66. The van der Waals surface area contributed by atoms with Crippen molar-refractivity contribution in [2.45, 2.75) is 12.5 Å². The number of methoxy groups -OCH3 is 1. The van der Waals surface area contributed by atoms with Crippen LogP contribution in [0.15, 0.2) is 48.3 Å². The molecule has 8 nitrogen and oxygen atoms in total. The standard InChI is InChI=1S/C24H26ClN3O5/c1-32-19-6-5-16(14-18(19)25)22(29)20-21(17-4-2-7-26-15-17)28(24(31)23(20)30)9-3-8-27-10-12-33-13-11-27/h2,4-7,14-15,21,29H,3,8-13H2,1H3/b22-20-. The molecule has 0 radical (unpaired) electrons. The SMILES string of the molecule is COc1ccc(/C(O)=C2/C(=O)C(=O)N(CCCN3CCOCC3)C2c2cccnc2)cc1Cl. The van der Waals surface area contributed by atoms with E-state index in [0.717, 1.165) is 19.6 Å². The fourth-order valence-electron chi connectivity index (χ4n) is 4.25. The van der Waals surface area contributed by atoms with Crippen molar-refractivity contribution >= 4 is 29.1 Å². The first-order valence-corrected chi connectivity index (χ1v) is 11.2. The summed E-state index contributed by atoms with van der Waals surface area (Å²) in [6, 6.07) is 7.53. The summed E-state index contributed by atoms with van der Waals surface area (Å²) in [7, 11) is 1.49. The van der Waals surface area contributed by atoms with Crippen LogP contribution in [0.1, 0.15) is 23.6 Å². The van der Waals surface area contributed by atoms with Crippen molar-refractivity contribution in [2.24, 2.45) is 0 Å². The van der Waals surface area contributed by atoms with Crippen molar-refractivity contribution in [3.05, 3.63) is 64.4 Å². The summed E-state index contributed by atoms with van der Waals surface area (Å²) >= 11 is 6.23. The average Bonchev–Trinajstić information content (AvgIpc) is 3.10. The van der Waals surface area contributed by atoms with Crippen LogP contribution in [0.4, 0.5) is 0 Å². The van der Waals surface area contributed by atoms with Gasteiger partial charge in [0.25, 0.3) is 11.7 Å². The largest absolute Gasteiger partial charge is 0.507 e. The number of nitrogens with zero attached hydrogens (tertiary/aromatic N) is 3. The number of Topliss-reactive ketones (excluding diaryl/α,β-unsaturated/α-hetero) is 1. The Labute approximate surface area is 197 Å². The molecule has 9 heteroatoms. The minimum absolute atomic E-state index is 0.0283. The van der Waals surface area contributed by atoms with Crippen LogP contribution >= 0.6 is 11.6 Å². The molecule has 0 aliphatic carbocycles. The fraction of sp³-hybridized carbons (Fsp3) is 0.375. The summed E-state index contributed by atoms with van der Waals surface area (Å²) in [5, 5.41) is 11.4. The summed E-state index contributed by atoms with van der Waals surface area (Å²) in [4.78, 5) is 34.0. The van der Waals surface area contributed by atoms with Crippen LogP contribution in [0.5, 0.6) is 5.75 Å². The number of pyridine rings is 1. The van der Waals surface area contributed by atoms with Crippen LogP contribution in [0, 0.1) is 0 Å². The Hall–Kier alpha value is -2.94.